The molecular weight excluding hydrogens is 270 g/mol. The molecule has 2 N–H and O–H groups in total. The van der Waals surface area contributed by atoms with Gasteiger partial charge in [-0.05, 0) is 37.4 Å². The molecule has 0 fully saturated rings. The van der Waals surface area contributed by atoms with E-state index in [-0.39, 0.29) is 11.9 Å². The number of carbonyl (C=O) groups excluding carboxylic acids is 1. The highest BCUT2D eigenvalue weighted by Gasteiger charge is 2.15. The van der Waals surface area contributed by atoms with Crippen molar-refractivity contribution in [2.24, 2.45) is 0 Å². The van der Waals surface area contributed by atoms with Crippen molar-refractivity contribution in [1.82, 2.24) is 0 Å². The summed E-state index contributed by atoms with van der Waals surface area (Å²) in [5.41, 5.74) is 2.56. The molecule has 0 aliphatic rings. The second-order valence-corrected chi connectivity index (χ2v) is 5.41. The maximum atomic E-state index is 12.1. The Balaban J connectivity index is 1.99. The number of nitrogens with zero attached hydrogens (tertiary/aromatic N) is 1. The van der Waals surface area contributed by atoms with Crippen LogP contribution in [0.1, 0.15) is 18.1 Å². The van der Waals surface area contributed by atoms with E-state index in [0.29, 0.717) is 10.6 Å². The molecule has 102 valence electrons. The molecule has 0 aliphatic carbocycles. The molecule has 0 spiro atoms. The molecule has 1 heterocycles. The fourth-order valence-corrected chi connectivity index (χ4v) is 2.42. The van der Waals surface area contributed by atoms with Crippen molar-refractivity contribution < 1.29 is 4.79 Å². The molecule has 0 saturated heterocycles. The van der Waals surface area contributed by atoms with Crippen LogP contribution in [0.25, 0.3) is 0 Å². The van der Waals surface area contributed by atoms with E-state index < -0.39 is 0 Å². The summed E-state index contributed by atoms with van der Waals surface area (Å²) in [6, 6.07) is 11.2. The summed E-state index contributed by atoms with van der Waals surface area (Å²) in [7, 11) is 0. The molecule has 4 nitrogen and oxygen atoms in total. The monoisotopic (exact) mass is 285 g/mol. The zero-order valence-corrected chi connectivity index (χ0v) is 12.1. The molecule has 1 atom stereocenters. The van der Waals surface area contributed by atoms with Gasteiger partial charge in [0.15, 0.2) is 0 Å². The molecule has 0 aliphatic heterocycles. The van der Waals surface area contributed by atoms with Crippen molar-refractivity contribution in [2.75, 3.05) is 10.6 Å². The van der Waals surface area contributed by atoms with E-state index >= 15 is 0 Å². The van der Waals surface area contributed by atoms with Crippen LogP contribution in [-0.4, -0.2) is 11.9 Å². The van der Waals surface area contributed by atoms with Gasteiger partial charge in [-0.15, -0.1) is 11.3 Å². The first kappa shape index (κ1) is 14.1. The van der Waals surface area contributed by atoms with Crippen LogP contribution in [0.3, 0.4) is 0 Å². The number of nitriles is 1. The third-order valence-corrected chi connectivity index (χ3v) is 3.68. The largest absolute Gasteiger partial charge is 0.374 e. The summed E-state index contributed by atoms with van der Waals surface area (Å²) < 4.78 is 0. The van der Waals surface area contributed by atoms with Crippen molar-refractivity contribution in [3.63, 3.8) is 0 Å². The van der Waals surface area contributed by atoms with Gasteiger partial charge in [-0.2, -0.15) is 5.26 Å². The molecule has 2 aromatic rings. The Morgan fingerprint density at radius 3 is 2.65 bits per heavy atom. The Labute approximate surface area is 122 Å². The Bertz CT molecular complexity index is 640. The molecule has 2 rings (SSSR count). The molecule has 0 bridgehead atoms. The Morgan fingerprint density at radius 2 is 2.00 bits per heavy atom. The highest BCUT2D eigenvalue weighted by Crippen LogP contribution is 2.22. The summed E-state index contributed by atoms with van der Waals surface area (Å²) in [6.45, 7) is 3.80. The third-order valence-electron chi connectivity index (χ3n) is 2.85. The van der Waals surface area contributed by atoms with Gasteiger partial charge in [-0.25, -0.2) is 0 Å². The number of hydrogen-bond acceptors (Lipinski definition) is 4. The average molecular weight is 285 g/mol. The van der Waals surface area contributed by atoms with Gasteiger partial charge >= 0.3 is 0 Å². The average Bonchev–Trinajstić information content (AvgIpc) is 2.88. The van der Waals surface area contributed by atoms with Crippen LogP contribution in [0.2, 0.25) is 0 Å². The fraction of sp³-hybridized carbons (Fsp3) is 0.200. The van der Waals surface area contributed by atoms with E-state index in [2.05, 4.69) is 16.7 Å². The normalized spacial score (nSPS) is 11.4. The standard InChI is InChI=1S/C15H15N3OS/c1-10-3-5-13(6-4-10)17-11(2)14(19)18-15-12(9-16)7-8-20-15/h3-8,11,17H,1-2H3,(H,18,19)/t11-/m0/s1. The number of anilines is 2. The molecule has 0 unspecified atom stereocenters. The number of aryl methyl sites for hydroxylation is 1. The summed E-state index contributed by atoms with van der Waals surface area (Å²) in [5.74, 6) is -0.162. The predicted molar refractivity (Wildman–Crippen MR) is 81.9 cm³/mol. The summed E-state index contributed by atoms with van der Waals surface area (Å²) in [6.07, 6.45) is 0. The van der Waals surface area contributed by atoms with Gasteiger partial charge < -0.3 is 10.6 Å². The van der Waals surface area contributed by atoms with Gasteiger partial charge in [0, 0.05) is 5.69 Å². The third kappa shape index (κ3) is 3.37. The number of hydrogen-bond donors (Lipinski definition) is 2. The maximum Gasteiger partial charge on any atom is 0.247 e. The van der Waals surface area contributed by atoms with E-state index in [4.69, 9.17) is 5.26 Å². The van der Waals surface area contributed by atoms with Gasteiger partial charge in [-0.1, -0.05) is 17.7 Å². The van der Waals surface area contributed by atoms with Gasteiger partial charge in [0.05, 0.1) is 5.56 Å². The quantitative estimate of drug-likeness (QED) is 0.905. The molecule has 5 heteroatoms. The Hall–Kier alpha value is -2.32. The van der Waals surface area contributed by atoms with Crippen molar-refractivity contribution in [2.45, 2.75) is 19.9 Å². The minimum atomic E-state index is -0.383. The van der Waals surface area contributed by atoms with E-state index in [0.717, 1.165) is 5.69 Å². The van der Waals surface area contributed by atoms with Crippen LogP contribution in [-0.2, 0) is 4.79 Å². The lowest BCUT2D eigenvalue weighted by atomic mass is 10.2. The number of benzene rings is 1. The fourth-order valence-electron chi connectivity index (χ4n) is 1.68. The van der Waals surface area contributed by atoms with Crippen molar-refractivity contribution >= 4 is 27.9 Å². The van der Waals surface area contributed by atoms with E-state index in [1.807, 2.05) is 31.2 Å². The summed E-state index contributed by atoms with van der Waals surface area (Å²) in [4.78, 5) is 12.1. The van der Waals surface area contributed by atoms with Gasteiger partial charge in [0.2, 0.25) is 5.91 Å². The smallest absolute Gasteiger partial charge is 0.247 e. The summed E-state index contributed by atoms with van der Waals surface area (Å²) in [5, 5.41) is 17.2. The zero-order chi connectivity index (χ0) is 14.5. The van der Waals surface area contributed by atoms with Crippen LogP contribution in [0.5, 0.6) is 0 Å². The molecular formula is C15H15N3OS. The van der Waals surface area contributed by atoms with Crippen molar-refractivity contribution in [1.29, 1.82) is 5.26 Å². The maximum absolute atomic E-state index is 12.1. The minimum absolute atomic E-state index is 0.162. The second kappa shape index (κ2) is 6.22. The Kier molecular flexibility index (Phi) is 4.38. The van der Waals surface area contributed by atoms with E-state index in [1.165, 1.54) is 16.9 Å². The number of carbonyl (C=O) groups is 1. The molecule has 0 saturated carbocycles. The van der Waals surface area contributed by atoms with Crippen molar-refractivity contribution in [3.05, 3.63) is 46.8 Å². The summed E-state index contributed by atoms with van der Waals surface area (Å²) >= 11 is 1.35. The highest BCUT2D eigenvalue weighted by molar-refractivity contribution is 7.14. The number of amides is 1. The Morgan fingerprint density at radius 1 is 1.30 bits per heavy atom. The SMILES string of the molecule is Cc1ccc(N[C@@H](C)C(=O)Nc2sccc2C#N)cc1. The first-order chi connectivity index (χ1) is 9.60. The molecule has 1 aromatic carbocycles. The lowest BCUT2D eigenvalue weighted by molar-refractivity contribution is -0.116. The van der Waals surface area contributed by atoms with Crippen LogP contribution >= 0.6 is 11.3 Å². The van der Waals surface area contributed by atoms with E-state index in [9.17, 15) is 4.79 Å². The number of rotatable bonds is 4. The van der Waals surface area contributed by atoms with Crippen molar-refractivity contribution in [3.8, 4) is 6.07 Å². The molecule has 1 amide bonds. The van der Waals surface area contributed by atoms with Crippen LogP contribution in [0.4, 0.5) is 10.7 Å². The highest BCUT2D eigenvalue weighted by atomic mass is 32.1. The van der Waals surface area contributed by atoms with Crippen LogP contribution in [0.15, 0.2) is 35.7 Å². The number of thiophene rings is 1. The molecule has 0 radical (unpaired) electrons. The van der Waals surface area contributed by atoms with Crippen LogP contribution < -0.4 is 10.6 Å². The molecule has 20 heavy (non-hydrogen) atoms. The first-order valence-electron chi connectivity index (χ1n) is 6.22. The predicted octanol–water partition coefficient (Wildman–Crippen LogP) is 3.37. The van der Waals surface area contributed by atoms with Gasteiger partial charge in [-0.3, -0.25) is 4.79 Å². The topological polar surface area (TPSA) is 64.9 Å². The van der Waals surface area contributed by atoms with Crippen LogP contribution in [0, 0.1) is 18.3 Å². The second-order valence-electron chi connectivity index (χ2n) is 4.50. The van der Waals surface area contributed by atoms with Gasteiger partial charge in [0.25, 0.3) is 0 Å². The molecule has 1 aromatic heterocycles. The lowest BCUT2D eigenvalue weighted by Crippen LogP contribution is -2.31. The number of nitrogens with one attached hydrogen (secondary N) is 2. The van der Waals surface area contributed by atoms with E-state index in [1.54, 1.807) is 18.4 Å². The first-order valence-corrected chi connectivity index (χ1v) is 7.10. The lowest BCUT2D eigenvalue weighted by Gasteiger charge is -2.15. The zero-order valence-electron chi connectivity index (χ0n) is 11.3. The minimum Gasteiger partial charge on any atom is -0.374 e. The van der Waals surface area contributed by atoms with Gasteiger partial charge in [0.1, 0.15) is 17.1 Å².